The Kier molecular flexibility index (Phi) is 2.73. The van der Waals surface area contributed by atoms with Crippen LogP contribution in [-0.4, -0.2) is 34.8 Å². The van der Waals surface area contributed by atoms with Crippen molar-refractivity contribution in [2.75, 3.05) is 18.1 Å². The van der Waals surface area contributed by atoms with Crippen LogP contribution in [0.5, 0.6) is 0 Å². The Morgan fingerprint density at radius 1 is 1.64 bits per heavy atom. The van der Waals surface area contributed by atoms with E-state index in [1.165, 1.54) is 23.1 Å². The standard InChI is InChI=1S/C6H7N3O3S2/c7-4-8-9-5(14-4)13-2-3-1-11-6(10)12-3/h3H,1-2H2,(H2,7,8). The number of nitrogen functional groups attached to an aromatic ring is 1. The average molecular weight is 233 g/mol. The quantitative estimate of drug-likeness (QED) is 0.608. The second kappa shape index (κ2) is 4.01. The molecule has 1 aromatic heterocycles. The van der Waals surface area contributed by atoms with Gasteiger partial charge in [0, 0.05) is 5.75 Å². The third-order valence-electron chi connectivity index (χ3n) is 1.46. The molecular formula is C6H7N3O3S2. The van der Waals surface area contributed by atoms with Crippen LogP contribution in [0.15, 0.2) is 4.34 Å². The SMILES string of the molecule is Nc1nnc(SCC2COC(=O)O2)s1. The van der Waals surface area contributed by atoms with Gasteiger partial charge in [-0.2, -0.15) is 0 Å². The zero-order valence-corrected chi connectivity index (χ0v) is 8.64. The predicted molar refractivity (Wildman–Crippen MR) is 51.3 cm³/mol. The van der Waals surface area contributed by atoms with Crippen LogP contribution in [0.4, 0.5) is 9.93 Å². The highest BCUT2D eigenvalue weighted by Gasteiger charge is 2.25. The second-order valence-electron chi connectivity index (χ2n) is 2.52. The number of nitrogens with two attached hydrogens (primary N) is 1. The Morgan fingerprint density at radius 2 is 2.50 bits per heavy atom. The van der Waals surface area contributed by atoms with Crippen molar-refractivity contribution in [2.45, 2.75) is 10.4 Å². The lowest BCUT2D eigenvalue weighted by Crippen LogP contribution is -2.12. The fourth-order valence-electron chi connectivity index (χ4n) is 0.890. The van der Waals surface area contributed by atoms with Gasteiger partial charge in [0.15, 0.2) is 4.34 Å². The summed E-state index contributed by atoms with van der Waals surface area (Å²) < 4.78 is 10.2. The third kappa shape index (κ3) is 2.26. The number of cyclic esters (lactones) is 2. The predicted octanol–water partition coefficient (Wildman–Crippen LogP) is 0.748. The van der Waals surface area contributed by atoms with E-state index in [2.05, 4.69) is 14.9 Å². The summed E-state index contributed by atoms with van der Waals surface area (Å²) >= 11 is 2.76. The first-order chi connectivity index (χ1) is 6.74. The van der Waals surface area contributed by atoms with Crippen LogP contribution in [0.3, 0.4) is 0 Å². The lowest BCUT2D eigenvalue weighted by atomic mass is 10.4. The van der Waals surface area contributed by atoms with E-state index in [1.807, 2.05) is 0 Å². The molecule has 0 aliphatic carbocycles. The molecule has 0 aromatic carbocycles. The minimum atomic E-state index is -0.604. The van der Waals surface area contributed by atoms with Crippen molar-refractivity contribution >= 4 is 34.4 Å². The number of thioether (sulfide) groups is 1. The van der Waals surface area contributed by atoms with Gasteiger partial charge in [-0.1, -0.05) is 23.1 Å². The second-order valence-corrected chi connectivity index (χ2v) is 4.79. The number of nitrogens with zero attached hydrogens (tertiary/aromatic N) is 2. The van der Waals surface area contributed by atoms with Crippen LogP contribution in [0.2, 0.25) is 0 Å². The van der Waals surface area contributed by atoms with E-state index in [4.69, 9.17) is 10.5 Å². The number of hydrogen-bond acceptors (Lipinski definition) is 8. The van der Waals surface area contributed by atoms with Crippen LogP contribution in [-0.2, 0) is 9.47 Å². The maximum atomic E-state index is 10.6. The van der Waals surface area contributed by atoms with Crippen molar-refractivity contribution < 1.29 is 14.3 Å². The smallest absolute Gasteiger partial charge is 0.430 e. The van der Waals surface area contributed by atoms with Crippen molar-refractivity contribution in [3.05, 3.63) is 0 Å². The highest BCUT2D eigenvalue weighted by molar-refractivity contribution is 8.01. The molecule has 1 saturated heterocycles. The van der Waals surface area contributed by atoms with Gasteiger partial charge in [-0.25, -0.2) is 4.79 Å². The average Bonchev–Trinajstić information content (AvgIpc) is 2.72. The number of aromatic nitrogens is 2. The van der Waals surface area contributed by atoms with Crippen LogP contribution in [0, 0.1) is 0 Å². The Bertz CT molecular complexity index is 343. The minimum absolute atomic E-state index is 0.197. The number of hydrogen-bond donors (Lipinski definition) is 1. The first kappa shape index (κ1) is 9.53. The maximum Gasteiger partial charge on any atom is 0.508 e. The zero-order valence-electron chi connectivity index (χ0n) is 7.00. The van der Waals surface area contributed by atoms with E-state index in [-0.39, 0.29) is 6.10 Å². The van der Waals surface area contributed by atoms with E-state index >= 15 is 0 Å². The summed E-state index contributed by atoms with van der Waals surface area (Å²) in [5, 5.41) is 7.92. The summed E-state index contributed by atoms with van der Waals surface area (Å²) in [7, 11) is 0. The highest BCUT2D eigenvalue weighted by Crippen LogP contribution is 2.25. The maximum absolute atomic E-state index is 10.6. The molecule has 2 N–H and O–H groups in total. The Balaban J connectivity index is 1.80. The molecule has 0 radical (unpaired) electrons. The molecule has 1 aromatic rings. The monoisotopic (exact) mass is 233 g/mol. The van der Waals surface area contributed by atoms with Crippen molar-refractivity contribution in [1.82, 2.24) is 10.2 Å². The van der Waals surface area contributed by atoms with Crippen molar-refractivity contribution in [1.29, 1.82) is 0 Å². The molecule has 1 aliphatic rings. The van der Waals surface area contributed by atoms with E-state index in [0.717, 1.165) is 4.34 Å². The van der Waals surface area contributed by atoms with Crippen LogP contribution >= 0.6 is 23.1 Å². The molecule has 14 heavy (non-hydrogen) atoms. The Hall–Kier alpha value is -1.02. The van der Waals surface area contributed by atoms with Crippen molar-refractivity contribution in [2.24, 2.45) is 0 Å². The molecular weight excluding hydrogens is 226 g/mol. The summed E-state index contributed by atoms with van der Waals surface area (Å²) in [6.45, 7) is 0.306. The van der Waals surface area contributed by atoms with E-state index in [9.17, 15) is 4.79 Å². The summed E-state index contributed by atoms with van der Waals surface area (Å²) in [5.74, 6) is 0.611. The topological polar surface area (TPSA) is 87.3 Å². The van der Waals surface area contributed by atoms with Gasteiger partial charge in [-0.05, 0) is 0 Å². The van der Waals surface area contributed by atoms with Gasteiger partial charge >= 0.3 is 6.16 Å². The first-order valence-electron chi connectivity index (χ1n) is 3.79. The molecule has 0 amide bonds. The van der Waals surface area contributed by atoms with Gasteiger partial charge in [0.2, 0.25) is 5.13 Å². The normalized spacial score (nSPS) is 20.6. The number of rotatable bonds is 3. The lowest BCUT2D eigenvalue weighted by Gasteiger charge is -2.02. The molecule has 8 heteroatoms. The first-order valence-corrected chi connectivity index (χ1v) is 5.59. The summed E-state index contributed by atoms with van der Waals surface area (Å²) in [6.07, 6.45) is -0.801. The van der Waals surface area contributed by atoms with E-state index in [0.29, 0.717) is 17.5 Å². The Labute approximate surface area is 87.8 Å². The van der Waals surface area contributed by atoms with Crippen LogP contribution in [0.25, 0.3) is 0 Å². The lowest BCUT2D eigenvalue weighted by molar-refractivity contribution is 0.122. The van der Waals surface area contributed by atoms with Gasteiger partial charge < -0.3 is 15.2 Å². The molecule has 0 bridgehead atoms. The number of carbonyl (C=O) groups excluding carboxylic acids is 1. The van der Waals surface area contributed by atoms with Gasteiger partial charge in [0.25, 0.3) is 0 Å². The van der Waals surface area contributed by atoms with E-state index in [1.54, 1.807) is 0 Å². The van der Waals surface area contributed by atoms with E-state index < -0.39 is 6.16 Å². The molecule has 0 saturated carbocycles. The number of anilines is 1. The molecule has 6 nitrogen and oxygen atoms in total. The zero-order chi connectivity index (χ0) is 9.97. The molecule has 1 fully saturated rings. The summed E-state index contributed by atoms with van der Waals surface area (Å²) in [4.78, 5) is 10.6. The molecule has 2 rings (SSSR count). The summed E-state index contributed by atoms with van der Waals surface area (Å²) in [5.41, 5.74) is 5.41. The fourth-order valence-corrected chi connectivity index (χ4v) is 2.52. The Morgan fingerprint density at radius 3 is 3.07 bits per heavy atom. The molecule has 1 aliphatic heterocycles. The van der Waals surface area contributed by atoms with Gasteiger partial charge in [-0.15, -0.1) is 10.2 Å². The van der Waals surface area contributed by atoms with Crippen LogP contribution < -0.4 is 5.73 Å². The van der Waals surface area contributed by atoms with Crippen molar-refractivity contribution in [3.8, 4) is 0 Å². The minimum Gasteiger partial charge on any atom is -0.430 e. The molecule has 76 valence electrons. The molecule has 2 heterocycles. The highest BCUT2D eigenvalue weighted by atomic mass is 32.2. The molecule has 0 spiro atoms. The van der Waals surface area contributed by atoms with Gasteiger partial charge in [0.05, 0.1) is 0 Å². The summed E-state index contributed by atoms with van der Waals surface area (Å²) in [6, 6.07) is 0. The fraction of sp³-hybridized carbons (Fsp3) is 0.500. The number of ether oxygens (including phenoxy) is 2. The van der Waals surface area contributed by atoms with Gasteiger partial charge in [0.1, 0.15) is 12.7 Å². The van der Waals surface area contributed by atoms with Gasteiger partial charge in [-0.3, -0.25) is 0 Å². The molecule has 1 unspecified atom stereocenters. The van der Waals surface area contributed by atoms with Crippen molar-refractivity contribution in [3.63, 3.8) is 0 Å². The molecule has 1 atom stereocenters. The van der Waals surface area contributed by atoms with Crippen LogP contribution in [0.1, 0.15) is 0 Å². The third-order valence-corrected chi connectivity index (χ3v) is 3.48. The number of carbonyl (C=O) groups is 1. The largest absolute Gasteiger partial charge is 0.508 e.